The molecule has 0 spiro atoms. The molecule has 0 fully saturated rings. The van der Waals surface area contributed by atoms with Crippen LogP contribution in [0.15, 0.2) is 58.3 Å². The van der Waals surface area contributed by atoms with Crippen molar-refractivity contribution in [1.82, 2.24) is 4.13 Å². The van der Waals surface area contributed by atoms with E-state index in [0.717, 1.165) is 0 Å². The highest BCUT2D eigenvalue weighted by atomic mass is 35.5. The zero-order valence-corrected chi connectivity index (χ0v) is 13.2. The molecule has 0 aliphatic carbocycles. The molecule has 0 aromatic heterocycles. The molecule has 0 aliphatic heterocycles. The molecular formula is C12H10ClF2NO4S2. The first kappa shape index (κ1) is 18.5. The van der Waals surface area contributed by atoms with Crippen molar-refractivity contribution in [3.05, 3.63) is 60.2 Å². The summed E-state index contributed by atoms with van der Waals surface area (Å²) in [5.74, 6) is -2.36. The summed E-state index contributed by atoms with van der Waals surface area (Å²) in [7, 11) is -9.08. The monoisotopic (exact) mass is 369 g/mol. The summed E-state index contributed by atoms with van der Waals surface area (Å²) in [6, 6.07) is 8.42. The molecular weight excluding hydrogens is 360 g/mol. The van der Waals surface area contributed by atoms with Gasteiger partial charge in [-0.15, -0.1) is 16.5 Å². The van der Waals surface area contributed by atoms with Gasteiger partial charge in [-0.1, -0.05) is 18.2 Å². The maximum atomic E-state index is 13.5. The third-order valence-electron chi connectivity index (χ3n) is 2.46. The van der Waals surface area contributed by atoms with Crippen LogP contribution in [-0.4, -0.2) is 16.8 Å². The second kappa shape index (κ2) is 6.69. The highest BCUT2D eigenvalue weighted by Gasteiger charge is 2.27. The zero-order valence-electron chi connectivity index (χ0n) is 10.7. The zero-order chi connectivity index (χ0) is 15.7. The molecule has 0 radical (unpaired) electrons. The van der Waals surface area contributed by atoms with Gasteiger partial charge in [0.05, 0.1) is 4.90 Å². The Hall–Kier alpha value is -1.55. The molecule has 0 heterocycles. The summed E-state index contributed by atoms with van der Waals surface area (Å²) in [4.78, 5) is -1.25. The molecule has 0 bridgehead atoms. The maximum Gasteiger partial charge on any atom is 0.256 e. The topological polar surface area (TPSA) is 80.3 Å². The molecule has 5 nitrogen and oxygen atoms in total. The van der Waals surface area contributed by atoms with Gasteiger partial charge in [0.15, 0.2) is 0 Å². The number of rotatable bonds is 4. The van der Waals surface area contributed by atoms with Gasteiger partial charge >= 0.3 is 0 Å². The van der Waals surface area contributed by atoms with Gasteiger partial charge in [0.2, 0.25) is 0 Å². The van der Waals surface area contributed by atoms with Crippen molar-refractivity contribution in [3.8, 4) is 0 Å². The van der Waals surface area contributed by atoms with Crippen LogP contribution in [0.2, 0.25) is 0 Å². The first-order valence-corrected chi connectivity index (χ1v) is 8.48. The third kappa shape index (κ3) is 4.01. The van der Waals surface area contributed by atoms with Crippen LogP contribution in [0.25, 0.3) is 0 Å². The molecule has 0 saturated carbocycles. The number of hydrogen-bond donors (Lipinski definition) is 1. The van der Waals surface area contributed by atoms with E-state index in [-0.39, 0.29) is 17.3 Å². The van der Waals surface area contributed by atoms with E-state index in [1.807, 2.05) is 0 Å². The van der Waals surface area contributed by atoms with Crippen LogP contribution >= 0.6 is 12.4 Å². The lowest BCUT2D eigenvalue weighted by Gasteiger charge is -2.08. The molecule has 2 aromatic carbocycles. The van der Waals surface area contributed by atoms with Crippen LogP contribution in [0.3, 0.4) is 0 Å². The molecule has 0 atom stereocenters. The minimum Gasteiger partial charge on any atom is -0.207 e. The first-order chi connectivity index (χ1) is 9.72. The average molecular weight is 370 g/mol. The molecule has 0 saturated heterocycles. The third-order valence-corrected chi connectivity index (χ3v) is 6.01. The minimum absolute atomic E-state index is 0. The van der Waals surface area contributed by atoms with E-state index in [1.54, 1.807) is 6.07 Å². The Morgan fingerprint density at radius 2 is 1.41 bits per heavy atom. The van der Waals surface area contributed by atoms with Gasteiger partial charge in [-0.3, -0.25) is 0 Å². The van der Waals surface area contributed by atoms with Crippen LogP contribution in [0, 0.1) is 11.6 Å². The normalized spacial score (nSPS) is 11.7. The van der Waals surface area contributed by atoms with E-state index in [1.165, 1.54) is 28.4 Å². The van der Waals surface area contributed by atoms with Crippen LogP contribution in [0.5, 0.6) is 0 Å². The fourth-order valence-corrected chi connectivity index (χ4v) is 4.51. The summed E-state index contributed by atoms with van der Waals surface area (Å²) >= 11 is 0. The lowest BCUT2D eigenvalue weighted by molar-refractivity contribution is 0.546. The molecule has 22 heavy (non-hydrogen) atoms. The van der Waals surface area contributed by atoms with Crippen LogP contribution in [0.4, 0.5) is 8.78 Å². The van der Waals surface area contributed by atoms with Gasteiger partial charge in [0.1, 0.15) is 16.5 Å². The lowest BCUT2D eigenvalue weighted by Crippen LogP contribution is -2.31. The van der Waals surface area contributed by atoms with Crippen LogP contribution in [0.1, 0.15) is 0 Å². The van der Waals surface area contributed by atoms with E-state index in [9.17, 15) is 25.6 Å². The van der Waals surface area contributed by atoms with Crippen LogP contribution in [-0.2, 0) is 20.0 Å². The smallest absolute Gasteiger partial charge is 0.207 e. The molecule has 0 aliphatic rings. The van der Waals surface area contributed by atoms with E-state index >= 15 is 0 Å². The molecule has 0 amide bonds. The highest BCUT2D eigenvalue weighted by molar-refractivity contribution is 8.04. The maximum absolute atomic E-state index is 13.5. The van der Waals surface area contributed by atoms with Crippen molar-refractivity contribution in [2.45, 2.75) is 9.79 Å². The number of halogens is 3. The van der Waals surface area contributed by atoms with Gasteiger partial charge in [-0.05, 0) is 24.3 Å². The summed E-state index contributed by atoms with van der Waals surface area (Å²) in [5.41, 5.74) is 0. The second-order valence-corrected chi connectivity index (χ2v) is 7.57. The van der Waals surface area contributed by atoms with Crippen molar-refractivity contribution >= 4 is 32.5 Å². The largest absolute Gasteiger partial charge is 0.256 e. The van der Waals surface area contributed by atoms with Crippen molar-refractivity contribution < 1.29 is 25.6 Å². The molecule has 1 N–H and O–H groups in total. The SMILES string of the molecule is Cl.O=S(=O)(NS(=O)(=O)c1ccc(F)cc1F)c1ccccc1. The predicted octanol–water partition coefficient (Wildman–Crippen LogP) is 2.05. The van der Waals surface area contributed by atoms with Gasteiger partial charge in [-0.25, -0.2) is 25.6 Å². The molecule has 2 rings (SSSR count). The lowest BCUT2D eigenvalue weighted by atomic mass is 10.3. The Balaban J connectivity index is 0.00000242. The number of hydrogen-bond acceptors (Lipinski definition) is 4. The Kier molecular flexibility index (Phi) is 5.63. The number of benzene rings is 2. The van der Waals surface area contributed by atoms with Gasteiger partial charge in [-0.2, -0.15) is 0 Å². The standard InChI is InChI=1S/C12H9F2NO4S2.ClH/c13-9-6-7-12(11(14)8-9)21(18,19)15-20(16,17)10-4-2-1-3-5-10;/h1-8,15H;1H. The Morgan fingerprint density at radius 3 is 1.95 bits per heavy atom. The van der Waals surface area contributed by atoms with E-state index in [2.05, 4.69) is 0 Å². The van der Waals surface area contributed by atoms with Crippen LogP contribution < -0.4 is 4.13 Å². The van der Waals surface area contributed by atoms with Crippen molar-refractivity contribution in [1.29, 1.82) is 0 Å². The van der Waals surface area contributed by atoms with E-state index in [0.29, 0.717) is 18.2 Å². The van der Waals surface area contributed by atoms with E-state index < -0.39 is 36.6 Å². The summed E-state index contributed by atoms with van der Waals surface area (Å²) in [6.07, 6.45) is 0. The highest BCUT2D eigenvalue weighted by Crippen LogP contribution is 2.17. The fraction of sp³-hybridized carbons (Fsp3) is 0. The fourth-order valence-electron chi connectivity index (χ4n) is 1.53. The second-order valence-electron chi connectivity index (χ2n) is 3.98. The van der Waals surface area contributed by atoms with Crippen molar-refractivity contribution in [2.24, 2.45) is 0 Å². The summed E-state index contributed by atoms with van der Waals surface area (Å²) < 4.78 is 75.3. The van der Waals surface area contributed by atoms with Gasteiger partial charge < -0.3 is 0 Å². The van der Waals surface area contributed by atoms with Gasteiger partial charge in [0.25, 0.3) is 20.0 Å². The minimum atomic E-state index is -4.69. The quantitative estimate of drug-likeness (QED) is 0.894. The molecule has 10 heteroatoms. The van der Waals surface area contributed by atoms with Gasteiger partial charge in [0, 0.05) is 6.07 Å². The average Bonchev–Trinajstić information content (AvgIpc) is 2.38. The molecule has 120 valence electrons. The summed E-state index contributed by atoms with van der Waals surface area (Å²) in [6.45, 7) is 0. The Labute approximate surface area is 132 Å². The van der Waals surface area contributed by atoms with Crippen molar-refractivity contribution in [3.63, 3.8) is 0 Å². The number of sulfonamides is 2. The molecule has 2 aromatic rings. The van der Waals surface area contributed by atoms with E-state index in [4.69, 9.17) is 0 Å². The first-order valence-electron chi connectivity index (χ1n) is 5.51. The Morgan fingerprint density at radius 1 is 0.818 bits per heavy atom. The number of nitrogens with one attached hydrogen (secondary N) is 1. The summed E-state index contributed by atoms with van der Waals surface area (Å²) in [5, 5.41) is 0. The predicted molar refractivity (Wildman–Crippen MR) is 77.6 cm³/mol. The Bertz CT molecular complexity index is 871. The van der Waals surface area contributed by atoms with Crippen molar-refractivity contribution in [2.75, 3.05) is 0 Å². The molecule has 0 unspecified atom stereocenters.